The van der Waals surface area contributed by atoms with E-state index in [0.717, 1.165) is 11.1 Å². The summed E-state index contributed by atoms with van der Waals surface area (Å²) >= 11 is 0. The minimum atomic E-state index is -0.168. The molecule has 1 N–H and O–H groups in total. The van der Waals surface area contributed by atoms with Gasteiger partial charge in [-0.05, 0) is 41.8 Å². The van der Waals surface area contributed by atoms with E-state index >= 15 is 0 Å². The van der Waals surface area contributed by atoms with E-state index in [0.29, 0.717) is 24.7 Å². The topological polar surface area (TPSA) is 47.6 Å². The monoisotopic (exact) mass is 337 g/mol. The van der Waals surface area contributed by atoms with Gasteiger partial charge in [0.15, 0.2) is 11.5 Å². The van der Waals surface area contributed by atoms with E-state index in [9.17, 15) is 4.79 Å². The fraction of sp³-hybridized carbons (Fsp3) is 0.190. The van der Waals surface area contributed by atoms with Gasteiger partial charge in [0.05, 0.1) is 7.11 Å². The molecule has 0 aliphatic heterocycles. The van der Waals surface area contributed by atoms with Crippen molar-refractivity contribution in [1.82, 2.24) is 5.32 Å². The van der Waals surface area contributed by atoms with Crippen molar-refractivity contribution in [3.05, 3.63) is 77.9 Å². The summed E-state index contributed by atoms with van der Waals surface area (Å²) in [6.07, 6.45) is 4.84. The van der Waals surface area contributed by atoms with Crippen LogP contribution in [0.3, 0.4) is 0 Å². The van der Waals surface area contributed by atoms with E-state index < -0.39 is 0 Å². The first-order chi connectivity index (χ1) is 12.1. The zero-order chi connectivity index (χ0) is 18.1. The van der Waals surface area contributed by atoms with Crippen molar-refractivity contribution in [3.8, 4) is 11.5 Å². The summed E-state index contributed by atoms with van der Waals surface area (Å²) in [4.78, 5) is 11.6. The number of hydrogen-bond donors (Lipinski definition) is 1. The van der Waals surface area contributed by atoms with Gasteiger partial charge in [-0.25, -0.2) is 0 Å². The summed E-state index contributed by atoms with van der Waals surface area (Å²) < 4.78 is 11.3. The molecule has 4 nitrogen and oxygen atoms in total. The molecule has 0 atom stereocenters. The van der Waals surface area contributed by atoms with Crippen LogP contribution in [-0.4, -0.2) is 19.6 Å². The molecule has 2 aromatic rings. The Kier molecular flexibility index (Phi) is 6.84. The Morgan fingerprint density at radius 2 is 2.00 bits per heavy atom. The molecule has 130 valence electrons. The minimum absolute atomic E-state index is 0.168. The van der Waals surface area contributed by atoms with Gasteiger partial charge in [0.25, 0.3) is 0 Å². The molecule has 0 aliphatic rings. The molecule has 0 aliphatic carbocycles. The van der Waals surface area contributed by atoms with E-state index in [2.05, 4.69) is 24.9 Å². The summed E-state index contributed by atoms with van der Waals surface area (Å²) in [6, 6.07) is 13.7. The Labute approximate surface area is 148 Å². The highest BCUT2D eigenvalue weighted by atomic mass is 16.5. The van der Waals surface area contributed by atoms with Crippen LogP contribution in [0.4, 0.5) is 0 Å². The molecule has 0 saturated carbocycles. The fourth-order valence-corrected chi connectivity index (χ4v) is 2.24. The molecule has 1 amide bonds. The molecule has 0 unspecified atom stereocenters. The number of methoxy groups -OCH3 is 1. The number of carbonyl (C=O) groups is 1. The highest BCUT2D eigenvalue weighted by molar-refractivity contribution is 5.91. The maximum absolute atomic E-state index is 11.6. The SMILES string of the molecule is C=CCNC(=O)/C=C/c1ccc(OCc2ccccc2C)c(OC)c1. The summed E-state index contributed by atoms with van der Waals surface area (Å²) in [5.41, 5.74) is 3.17. The Morgan fingerprint density at radius 1 is 1.20 bits per heavy atom. The lowest BCUT2D eigenvalue weighted by atomic mass is 10.1. The van der Waals surface area contributed by atoms with Crippen LogP contribution >= 0.6 is 0 Å². The molecule has 0 radical (unpaired) electrons. The molecule has 2 aromatic carbocycles. The second-order valence-electron chi connectivity index (χ2n) is 5.49. The molecule has 0 heterocycles. The number of nitrogens with one attached hydrogen (secondary N) is 1. The van der Waals surface area contributed by atoms with Crippen LogP contribution in [0.25, 0.3) is 6.08 Å². The van der Waals surface area contributed by atoms with Crippen LogP contribution in [0.1, 0.15) is 16.7 Å². The largest absolute Gasteiger partial charge is 0.493 e. The van der Waals surface area contributed by atoms with Crippen LogP contribution in [0, 0.1) is 6.92 Å². The molecule has 0 fully saturated rings. The molecular weight excluding hydrogens is 314 g/mol. The van der Waals surface area contributed by atoms with E-state index in [4.69, 9.17) is 9.47 Å². The minimum Gasteiger partial charge on any atom is -0.493 e. The zero-order valence-electron chi connectivity index (χ0n) is 14.6. The lowest BCUT2D eigenvalue weighted by Gasteiger charge is -2.12. The molecule has 4 heteroatoms. The summed E-state index contributed by atoms with van der Waals surface area (Å²) in [7, 11) is 1.60. The number of ether oxygens (including phenoxy) is 2. The molecular formula is C21H23NO3. The van der Waals surface area contributed by atoms with Crippen LogP contribution in [0.5, 0.6) is 11.5 Å². The smallest absolute Gasteiger partial charge is 0.244 e. The maximum Gasteiger partial charge on any atom is 0.244 e. The van der Waals surface area contributed by atoms with Crippen LogP contribution in [0.15, 0.2) is 61.2 Å². The Balaban J connectivity index is 2.06. The zero-order valence-corrected chi connectivity index (χ0v) is 14.6. The summed E-state index contributed by atoms with van der Waals surface area (Å²) in [5.74, 6) is 1.12. The van der Waals surface area contributed by atoms with Crippen molar-refractivity contribution in [1.29, 1.82) is 0 Å². The van der Waals surface area contributed by atoms with Crippen LogP contribution in [-0.2, 0) is 11.4 Å². The van der Waals surface area contributed by atoms with Gasteiger partial charge in [-0.3, -0.25) is 4.79 Å². The van der Waals surface area contributed by atoms with Crippen LogP contribution in [0.2, 0.25) is 0 Å². The summed E-state index contributed by atoms with van der Waals surface area (Å²) in [6.45, 7) is 6.53. The van der Waals surface area contributed by atoms with Crippen molar-refractivity contribution in [2.45, 2.75) is 13.5 Å². The van der Waals surface area contributed by atoms with Crippen molar-refractivity contribution < 1.29 is 14.3 Å². The lowest BCUT2D eigenvalue weighted by molar-refractivity contribution is -0.116. The number of hydrogen-bond acceptors (Lipinski definition) is 3. The lowest BCUT2D eigenvalue weighted by Crippen LogP contribution is -2.20. The average molecular weight is 337 g/mol. The van der Waals surface area contributed by atoms with Gasteiger partial charge in [-0.1, -0.05) is 36.4 Å². The van der Waals surface area contributed by atoms with Gasteiger partial charge in [0.2, 0.25) is 5.91 Å². The normalized spacial score (nSPS) is 10.5. The Morgan fingerprint density at radius 3 is 2.72 bits per heavy atom. The van der Waals surface area contributed by atoms with E-state index in [1.54, 1.807) is 19.3 Å². The van der Waals surface area contributed by atoms with Crippen molar-refractivity contribution >= 4 is 12.0 Å². The number of aryl methyl sites for hydroxylation is 1. The average Bonchev–Trinajstić information content (AvgIpc) is 2.64. The summed E-state index contributed by atoms with van der Waals surface area (Å²) in [5, 5.41) is 2.69. The van der Waals surface area contributed by atoms with Crippen molar-refractivity contribution in [2.24, 2.45) is 0 Å². The molecule has 0 spiro atoms. The Bertz CT molecular complexity index is 765. The number of carbonyl (C=O) groups excluding carboxylic acids is 1. The molecule has 0 bridgehead atoms. The molecule has 0 aromatic heterocycles. The standard InChI is InChI=1S/C21H23NO3/c1-4-13-22-21(23)12-10-17-9-11-19(20(14-17)24-3)25-15-18-8-6-5-7-16(18)2/h4-12,14H,1,13,15H2,2-3H3,(H,22,23)/b12-10+. The van der Waals surface area contributed by atoms with E-state index in [-0.39, 0.29) is 5.91 Å². The second-order valence-corrected chi connectivity index (χ2v) is 5.49. The molecule has 2 rings (SSSR count). The third-order valence-electron chi connectivity index (χ3n) is 3.68. The number of benzene rings is 2. The highest BCUT2D eigenvalue weighted by Gasteiger charge is 2.06. The van der Waals surface area contributed by atoms with Crippen LogP contribution < -0.4 is 14.8 Å². The van der Waals surface area contributed by atoms with Gasteiger partial charge in [0.1, 0.15) is 6.61 Å². The fourth-order valence-electron chi connectivity index (χ4n) is 2.24. The second kappa shape index (κ2) is 9.33. The molecule has 25 heavy (non-hydrogen) atoms. The first-order valence-electron chi connectivity index (χ1n) is 8.06. The maximum atomic E-state index is 11.6. The van der Waals surface area contributed by atoms with Crippen molar-refractivity contribution in [3.63, 3.8) is 0 Å². The van der Waals surface area contributed by atoms with Crippen molar-refractivity contribution in [2.75, 3.05) is 13.7 Å². The first-order valence-corrected chi connectivity index (χ1v) is 8.06. The first kappa shape index (κ1) is 18.3. The van der Waals surface area contributed by atoms with Gasteiger partial charge in [0, 0.05) is 12.6 Å². The van der Waals surface area contributed by atoms with Gasteiger partial charge in [-0.15, -0.1) is 6.58 Å². The predicted molar refractivity (Wildman–Crippen MR) is 101 cm³/mol. The predicted octanol–water partition coefficient (Wildman–Crippen LogP) is 3.90. The quantitative estimate of drug-likeness (QED) is 0.587. The third kappa shape index (κ3) is 5.53. The molecule has 0 saturated heterocycles. The van der Waals surface area contributed by atoms with Gasteiger partial charge >= 0.3 is 0 Å². The van der Waals surface area contributed by atoms with E-state index in [1.807, 2.05) is 36.4 Å². The van der Waals surface area contributed by atoms with Gasteiger partial charge < -0.3 is 14.8 Å². The van der Waals surface area contributed by atoms with E-state index in [1.165, 1.54) is 11.6 Å². The van der Waals surface area contributed by atoms with Gasteiger partial charge in [-0.2, -0.15) is 0 Å². The highest BCUT2D eigenvalue weighted by Crippen LogP contribution is 2.29. The Hall–Kier alpha value is -3.01. The number of amides is 1. The third-order valence-corrected chi connectivity index (χ3v) is 3.68. The number of rotatable bonds is 8.